The van der Waals surface area contributed by atoms with Crippen LogP contribution in [0.4, 0.5) is 5.69 Å². The summed E-state index contributed by atoms with van der Waals surface area (Å²) < 4.78 is 1.47. The predicted octanol–water partition coefficient (Wildman–Crippen LogP) is 4.47. The van der Waals surface area contributed by atoms with Crippen molar-refractivity contribution in [3.63, 3.8) is 0 Å². The van der Waals surface area contributed by atoms with E-state index < -0.39 is 5.97 Å². The third kappa shape index (κ3) is 3.51. The van der Waals surface area contributed by atoms with Crippen molar-refractivity contribution in [1.82, 2.24) is 0 Å². The average Bonchev–Trinajstić information content (AvgIpc) is 2.40. The molecule has 0 aliphatic heterocycles. The number of aryl methyl sites for hydroxylation is 1. The Balaban J connectivity index is 2.38. The molecule has 0 unspecified atom stereocenters. The van der Waals surface area contributed by atoms with Gasteiger partial charge in [-0.3, -0.25) is 4.79 Å². The molecule has 0 bridgehead atoms. The highest BCUT2D eigenvalue weighted by atomic mass is 79.9. The van der Waals surface area contributed by atoms with Gasteiger partial charge in [0.1, 0.15) is 0 Å². The van der Waals surface area contributed by atoms with Crippen molar-refractivity contribution in [2.24, 2.45) is 0 Å². The first kappa shape index (κ1) is 15.7. The van der Waals surface area contributed by atoms with Crippen molar-refractivity contribution in [3.8, 4) is 0 Å². The van der Waals surface area contributed by atoms with Crippen molar-refractivity contribution >= 4 is 49.4 Å². The molecule has 0 radical (unpaired) electrons. The van der Waals surface area contributed by atoms with E-state index in [1.807, 2.05) is 0 Å². The Kier molecular flexibility index (Phi) is 4.80. The highest BCUT2D eigenvalue weighted by Crippen LogP contribution is 2.25. The van der Waals surface area contributed by atoms with E-state index in [1.165, 1.54) is 6.07 Å². The normalized spacial score (nSPS) is 10.2. The number of halogens is 2. The molecule has 0 saturated heterocycles. The number of carboxylic acid groups (broad SMARTS) is 1. The van der Waals surface area contributed by atoms with Crippen LogP contribution >= 0.6 is 31.9 Å². The molecule has 21 heavy (non-hydrogen) atoms. The van der Waals surface area contributed by atoms with E-state index in [0.717, 1.165) is 4.47 Å². The van der Waals surface area contributed by atoms with Crippen LogP contribution in [0.1, 0.15) is 26.3 Å². The molecular weight excluding hydrogens is 402 g/mol. The van der Waals surface area contributed by atoms with Gasteiger partial charge in [0.05, 0.1) is 16.8 Å². The van der Waals surface area contributed by atoms with Gasteiger partial charge in [-0.25, -0.2) is 4.79 Å². The van der Waals surface area contributed by atoms with Crippen LogP contribution in [-0.2, 0) is 0 Å². The van der Waals surface area contributed by atoms with Crippen LogP contribution in [0.5, 0.6) is 0 Å². The van der Waals surface area contributed by atoms with Gasteiger partial charge in [-0.1, -0.05) is 28.1 Å². The van der Waals surface area contributed by atoms with Gasteiger partial charge >= 0.3 is 5.97 Å². The molecule has 0 aromatic heterocycles. The molecule has 2 N–H and O–H groups in total. The predicted molar refractivity (Wildman–Crippen MR) is 87.9 cm³/mol. The Morgan fingerprint density at radius 3 is 2.43 bits per heavy atom. The van der Waals surface area contributed by atoms with E-state index in [9.17, 15) is 14.7 Å². The summed E-state index contributed by atoms with van der Waals surface area (Å²) in [4.78, 5) is 23.6. The average molecular weight is 413 g/mol. The number of nitrogens with one attached hydrogen (secondary N) is 1. The SMILES string of the molecule is Cc1cccc(C(=O)O)c1NC(=O)c1ccc(Br)cc1Br. The molecule has 0 heterocycles. The first-order valence-corrected chi connectivity index (χ1v) is 7.58. The zero-order valence-corrected chi connectivity index (χ0v) is 14.2. The number of carbonyl (C=O) groups excluding carboxylic acids is 1. The third-order valence-corrected chi connectivity index (χ3v) is 4.07. The molecule has 0 saturated carbocycles. The number of carboxylic acids is 1. The Hall–Kier alpha value is -1.66. The molecule has 0 aliphatic carbocycles. The molecule has 0 atom stereocenters. The number of hydrogen-bond donors (Lipinski definition) is 2. The standard InChI is InChI=1S/C15H11Br2NO3/c1-8-3-2-4-11(15(20)21)13(8)18-14(19)10-6-5-9(16)7-12(10)17/h2-7H,1H3,(H,18,19)(H,20,21). The molecule has 1 amide bonds. The lowest BCUT2D eigenvalue weighted by atomic mass is 10.1. The van der Waals surface area contributed by atoms with Gasteiger partial charge in [-0.05, 0) is 52.7 Å². The lowest BCUT2D eigenvalue weighted by molar-refractivity contribution is 0.0698. The topological polar surface area (TPSA) is 66.4 Å². The Morgan fingerprint density at radius 2 is 1.81 bits per heavy atom. The molecule has 6 heteroatoms. The summed E-state index contributed by atoms with van der Waals surface area (Å²) in [5.41, 5.74) is 1.50. The summed E-state index contributed by atoms with van der Waals surface area (Å²) in [7, 11) is 0. The smallest absolute Gasteiger partial charge is 0.337 e. The molecule has 108 valence electrons. The van der Waals surface area contributed by atoms with Crippen LogP contribution in [0, 0.1) is 6.92 Å². The van der Waals surface area contributed by atoms with E-state index >= 15 is 0 Å². The highest BCUT2D eigenvalue weighted by molar-refractivity contribution is 9.11. The van der Waals surface area contributed by atoms with Crippen LogP contribution in [0.3, 0.4) is 0 Å². The molecule has 4 nitrogen and oxygen atoms in total. The maximum absolute atomic E-state index is 12.3. The largest absolute Gasteiger partial charge is 0.478 e. The van der Waals surface area contributed by atoms with Gasteiger partial charge in [-0.2, -0.15) is 0 Å². The zero-order valence-electron chi connectivity index (χ0n) is 11.0. The second-order valence-corrected chi connectivity index (χ2v) is 6.15. The molecule has 2 rings (SSSR count). The van der Waals surface area contributed by atoms with Crippen molar-refractivity contribution < 1.29 is 14.7 Å². The van der Waals surface area contributed by atoms with E-state index in [4.69, 9.17) is 0 Å². The number of benzene rings is 2. The zero-order chi connectivity index (χ0) is 15.6. The van der Waals surface area contributed by atoms with Crippen molar-refractivity contribution in [2.75, 3.05) is 5.32 Å². The Morgan fingerprint density at radius 1 is 1.10 bits per heavy atom. The molecule has 2 aromatic carbocycles. The maximum atomic E-state index is 12.3. The van der Waals surface area contributed by atoms with Gasteiger partial charge in [0, 0.05) is 8.95 Å². The van der Waals surface area contributed by atoms with Gasteiger partial charge < -0.3 is 10.4 Å². The Bertz CT molecular complexity index is 729. The number of para-hydroxylation sites is 1. The summed E-state index contributed by atoms with van der Waals surface area (Å²) in [6.45, 7) is 1.75. The molecule has 0 fully saturated rings. The lowest BCUT2D eigenvalue weighted by Gasteiger charge is -2.12. The number of aromatic carboxylic acids is 1. The quantitative estimate of drug-likeness (QED) is 0.781. The molecule has 0 aliphatic rings. The summed E-state index contributed by atoms with van der Waals surface area (Å²) in [5, 5.41) is 11.9. The van der Waals surface area contributed by atoms with Crippen LogP contribution in [0.2, 0.25) is 0 Å². The number of hydrogen-bond acceptors (Lipinski definition) is 2. The van der Waals surface area contributed by atoms with E-state index in [-0.39, 0.29) is 11.5 Å². The van der Waals surface area contributed by atoms with Crippen LogP contribution in [0.25, 0.3) is 0 Å². The van der Waals surface area contributed by atoms with Crippen molar-refractivity contribution in [2.45, 2.75) is 6.92 Å². The fraction of sp³-hybridized carbons (Fsp3) is 0.0667. The fourth-order valence-electron chi connectivity index (χ4n) is 1.87. The fourth-order valence-corrected chi connectivity index (χ4v) is 3.09. The molecule has 2 aromatic rings. The second-order valence-electron chi connectivity index (χ2n) is 4.38. The maximum Gasteiger partial charge on any atom is 0.337 e. The minimum absolute atomic E-state index is 0.0663. The first-order valence-electron chi connectivity index (χ1n) is 5.99. The van der Waals surface area contributed by atoms with Gasteiger partial charge in [-0.15, -0.1) is 0 Å². The van der Waals surface area contributed by atoms with E-state index in [0.29, 0.717) is 21.3 Å². The second kappa shape index (κ2) is 6.41. The van der Waals surface area contributed by atoms with Crippen molar-refractivity contribution in [1.29, 1.82) is 0 Å². The minimum atomic E-state index is -1.08. The van der Waals surface area contributed by atoms with Gasteiger partial charge in [0.15, 0.2) is 0 Å². The first-order chi connectivity index (χ1) is 9.90. The number of carbonyl (C=O) groups is 2. The monoisotopic (exact) mass is 411 g/mol. The summed E-state index contributed by atoms with van der Waals surface area (Å²) in [6, 6.07) is 10.0. The summed E-state index contributed by atoms with van der Waals surface area (Å²) in [5.74, 6) is -1.45. The van der Waals surface area contributed by atoms with Crippen LogP contribution in [-0.4, -0.2) is 17.0 Å². The Labute approximate surface area is 138 Å². The highest BCUT2D eigenvalue weighted by Gasteiger charge is 2.17. The summed E-state index contributed by atoms with van der Waals surface area (Å²) in [6.07, 6.45) is 0. The van der Waals surface area contributed by atoms with Crippen LogP contribution < -0.4 is 5.32 Å². The number of amides is 1. The van der Waals surface area contributed by atoms with E-state index in [2.05, 4.69) is 37.2 Å². The summed E-state index contributed by atoms with van der Waals surface area (Å²) >= 11 is 6.63. The number of rotatable bonds is 3. The molecular formula is C15H11Br2NO3. The van der Waals surface area contributed by atoms with E-state index in [1.54, 1.807) is 37.3 Å². The van der Waals surface area contributed by atoms with Gasteiger partial charge in [0.25, 0.3) is 5.91 Å². The molecule has 0 spiro atoms. The van der Waals surface area contributed by atoms with Gasteiger partial charge in [0.2, 0.25) is 0 Å². The third-order valence-electron chi connectivity index (χ3n) is 2.92. The lowest BCUT2D eigenvalue weighted by Crippen LogP contribution is -2.16. The minimum Gasteiger partial charge on any atom is -0.478 e. The van der Waals surface area contributed by atoms with Crippen molar-refractivity contribution in [3.05, 3.63) is 62.0 Å². The number of anilines is 1. The van der Waals surface area contributed by atoms with Crippen LogP contribution in [0.15, 0.2) is 45.3 Å².